The third kappa shape index (κ3) is 1.66. The van der Waals surface area contributed by atoms with Crippen molar-refractivity contribution in [2.75, 3.05) is 5.94 Å². The van der Waals surface area contributed by atoms with Crippen LogP contribution in [-0.4, -0.2) is 25.8 Å². The van der Waals surface area contributed by atoms with E-state index in [2.05, 4.69) is 0 Å². The van der Waals surface area contributed by atoms with Gasteiger partial charge in [0.1, 0.15) is 0 Å². The van der Waals surface area contributed by atoms with Crippen LogP contribution in [0.1, 0.15) is 0 Å². The Morgan fingerprint density at radius 2 is 1.42 bits per heavy atom. The molecule has 0 N–H and O–H groups in total. The van der Waals surface area contributed by atoms with Crippen molar-refractivity contribution in [2.24, 2.45) is 0 Å². The van der Waals surface area contributed by atoms with Crippen molar-refractivity contribution in [2.45, 2.75) is 11.4 Å². The third-order valence-electron chi connectivity index (χ3n) is 0.876. The van der Waals surface area contributed by atoms with E-state index in [1.807, 2.05) is 0 Å². The molecule has 0 aliphatic carbocycles. The zero-order valence-electron chi connectivity index (χ0n) is 5.23. The second-order valence-electron chi connectivity index (χ2n) is 1.75. The summed E-state index contributed by atoms with van der Waals surface area (Å²) < 4.78 is 77.1. The van der Waals surface area contributed by atoms with E-state index in [0.717, 1.165) is 0 Å². The molecule has 0 saturated carbocycles. The van der Waals surface area contributed by atoms with Crippen molar-refractivity contribution in [3.63, 3.8) is 0 Å². The fourth-order valence-electron chi connectivity index (χ4n) is 0.250. The fourth-order valence-corrected chi connectivity index (χ4v) is 0.751. The van der Waals surface area contributed by atoms with E-state index in [1.54, 1.807) is 0 Å². The highest BCUT2D eigenvalue weighted by Crippen LogP contribution is 2.39. The summed E-state index contributed by atoms with van der Waals surface area (Å²) in [6.07, 6.45) is -6.24. The van der Waals surface area contributed by atoms with Gasteiger partial charge in [-0.15, -0.1) is 0 Å². The van der Waals surface area contributed by atoms with Gasteiger partial charge in [-0.25, -0.2) is 8.42 Å². The Labute approximate surface area is 63.7 Å². The molecule has 12 heavy (non-hydrogen) atoms. The number of sulfone groups is 1. The lowest BCUT2D eigenvalue weighted by molar-refractivity contribution is -0.344. The highest BCUT2D eigenvalue weighted by Gasteiger charge is 2.65. The maximum Gasteiger partial charge on any atom is 0.469 e. The van der Waals surface area contributed by atoms with E-state index >= 15 is 0 Å². The van der Waals surface area contributed by atoms with Crippen molar-refractivity contribution in [1.29, 1.82) is 0 Å². The molecule has 0 radical (unpaired) electrons. The Morgan fingerprint density at radius 1 is 1.08 bits per heavy atom. The molecule has 9 heteroatoms. The van der Waals surface area contributed by atoms with Crippen molar-refractivity contribution in [1.82, 2.24) is 0 Å². The molecule has 0 saturated heterocycles. The predicted molar refractivity (Wildman–Crippen MR) is 24.8 cm³/mol. The molecule has 0 fully saturated rings. The molecule has 0 aliphatic heterocycles. The van der Waals surface area contributed by atoms with Crippen LogP contribution in [0.3, 0.4) is 0 Å². The van der Waals surface area contributed by atoms with Crippen LogP contribution in [0.2, 0.25) is 0 Å². The quantitative estimate of drug-likeness (QED) is 0.600. The summed E-state index contributed by atoms with van der Waals surface area (Å²) >= 11 is 0. The van der Waals surface area contributed by atoms with E-state index in [0.29, 0.717) is 0 Å². The summed E-state index contributed by atoms with van der Waals surface area (Å²) in [5.41, 5.74) is 0. The second-order valence-corrected chi connectivity index (χ2v) is 3.73. The number of halogens is 5. The molecule has 0 aromatic heterocycles. The van der Waals surface area contributed by atoms with Crippen LogP contribution < -0.4 is 5.11 Å². The van der Waals surface area contributed by atoms with Crippen molar-refractivity contribution < 1.29 is 35.5 Å². The van der Waals surface area contributed by atoms with Gasteiger partial charge < -0.3 is 5.11 Å². The number of hydrogen-bond donors (Lipinski definition) is 0. The Bertz CT molecular complexity index is 252. The second kappa shape index (κ2) is 2.80. The van der Waals surface area contributed by atoms with Crippen LogP contribution in [0.4, 0.5) is 22.0 Å². The van der Waals surface area contributed by atoms with Gasteiger partial charge in [0.15, 0.2) is 0 Å². The van der Waals surface area contributed by atoms with Crippen molar-refractivity contribution in [3.8, 4) is 0 Å². The summed E-state index contributed by atoms with van der Waals surface area (Å²) in [5.74, 6) is -2.50. The topological polar surface area (TPSA) is 57.2 Å². The van der Waals surface area contributed by atoms with Crippen molar-refractivity contribution >= 4 is 9.84 Å². The first-order chi connectivity index (χ1) is 5.06. The van der Waals surface area contributed by atoms with Gasteiger partial charge in [0.05, 0.1) is 0 Å². The molecule has 0 amide bonds. The predicted octanol–water partition coefficient (Wildman–Crippen LogP) is -0.126. The molecule has 0 bridgehead atoms. The third-order valence-corrected chi connectivity index (χ3v) is 2.20. The van der Waals surface area contributed by atoms with Gasteiger partial charge in [-0.1, -0.05) is 0 Å². The number of alkyl halides is 5. The normalized spacial score (nSPS) is 14.8. The summed E-state index contributed by atoms with van der Waals surface area (Å²) in [4.78, 5) is 0. The van der Waals surface area contributed by atoms with Crippen LogP contribution in [-0.2, 0) is 9.84 Å². The van der Waals surface area contributed by atoms with Gasteiger partial charge in [0.25, 0.3) is 0 Å². The fraction of sp³-hybridized carbons (Fsp3) is 1.00. The maximum atomic E-state index is 11.8. The lowest BCUT2D eigenvalue weighted by Gasteiger charge is -2.20. The Hall–Kier alpha value is -0.440. The van der Waals surface area contributed by atoms with Crippen LogP contribution in [0.25, 0.3) is 0 Å². The summed E-state index contributed by atoms with van der Waals surface area (Å²) in [5, 5.41) is 3.52. The zero-order valence-corrected chi connectivity index (χ0v) is 6.05. The minimum absolute atomic E-state index is 2.50. The summed E-state index contributed by atoms with van der Waals surface area (Å²) in [6.45, 7) is 0. The first-order valence-electron chi connectivity index (χ1n) is 2.31. The van der Waals surface area contributed by atoms with Gasteiger partial charge in [0, 0.05) is 0 Å². The monoisotopic (exact) mass is 213 g/mol. The smallest absolute Gasteiger partial charge is 0.469 e. The standard InChI is InChI=1S/C3H2F5O3S/c4-2(5,6)3(7,8)12(10,11)1-9/h1H2/q-1. The number of hydrogen-bond acceptors (Lipinski definition) is 3. The molecule has 0 aliphatic rings. The van der Waals surface area contributed by atoms with Gasteiger partial charge in [0.2, 0.25) is 9.84 Å². The van der Waals surface area contributed by atoms with Gasteiger partial charge >= 0.3 is 11.4 Å². The molecule has 0 unspecified atom stereocenters. The van der Waals surface area contributed by atoms with Gasteiger partial charge in [-0.2, -0.15) is 22.0 Å². The molecule has 3 nitrogen and oxygen atoms in total. The highest BCUT2D eigenvalue weighted by molar-refractivity contribution is 7.92. The maximum absolute atomic E-state index is 11.8. The highest BCUT2D eigenvalue weighted by atomic mass is 32.2. The van der Waals surface area contributed by atoms with E-state index in [1.165, 1.54) is 0 Å². The first kappa shape index (κ1) is 11.6. The average molecular weight is 213 g/mol. The molecular weight excluding hydrogens is 211 g/mol. The van der Waals surface area contributed by atoms with Gasteiger partial charge in [-0.3, -0.25) is 0 Å². The van der Waals surface area contributed by atoms with Crippen LogP contribution in [0.5, 0.6) is 0 Å². The lowest BCUT2D eigenvalue weighted by Crippen LogP contribution is -2.47. The average Bonchev–Trinajstić information content (AvgIpc) is 1.85. The molecule has 74 valence electrons. The van der Waals surface area contributed by atoms with E-state index < -0.39 is 27.2 Å². The zero-order chi connectivity index (χ0) is 10.2. The first-order valence-corrected chi connectivity index (χ1v) is 3.96. The molecule has 0 heterocycles. The lowest BCUT2D eigenvalue weighted by atomic mass is 10.7. The van der Waals surface area contributed by atoms with E-state index in [9.17, 15) is 35.5 Å². The molecule has 0 aromatic carbocycles. The molecule has 0 aromatic rings. The van der Waals surface area contributed by atoms with E-state index in [4.69, 9.17) is 0 Å². The number of rotatable bonds is 2. The SMILES string of the molecule is O=S(=O)(C[O-])C(F)(F)C(F)(F)F. The van der Waals surface area contributed by atoms with Gasteiger partial charge in [-0.05, 0) is 5.94 Å². The molecule has 0 rings (SSSR count). The molecule has 0 atom stereocenters. The van der Waals surface area contributed by atoms with Crippen LogP contribution >= 0.6 is 0 Å². The molecule has 0 spiro atoms. The summed E-state index contributed by atoms with van der Waals surface area (Å²) in [7, 11) is -5.97. The van der Waals surface area contributed by atoms with E-state index in [-0.39, 0.29) is 0 Å². The Morgan fingerprint density at radius 3 is 1.50 bits per heavy atom. The van der Waals surface area contributed by atoms with Crippen molar-refractivity contribution in [3.05, 3.63) is 0 Å². The Kier molecular flexibility index (Phi) is 2.70. The Balaban J connectivity index is 5.14. The minimum atomic E-state index is -6.24. The van der Waals surface area contributed by atoms with Crippen LogP contribution in [0.15, 0.2) is 0 Å². The minimum Gasteiger partial charge on any atom is -0.843 e. The van der Waals surface area contributed by atoms with Crippen LogP contribution in [0, 0.1) is 0 Å². The largest absolute Gasteiger partial charge is 0.843 e. The summed E-state index contributed by atoms with van der Waals surface area (Å²) in [6, 6.07) is 0. The molecular formula is C3H2F5O3S-.